The fraction of sp³-hybridized carbons (Fsp3) is 0.692. The van der Waals surface area contributed by atoms with Gasteiger partial charge in [0.2, 0.25) is 0 Å². The maximum atomic E-state index is 9.75. The number of methoxy groups -OCH3 is 1. The van der Waals surface area contributed by atoms with Crippen LogP contribution in [0.4, 0.5) is 0 Å². The number of aliphatic hydroxyl groups excluding tert-OH is 1. The van der Waals surface area contributed by atoms with E-state index in [9.17, 15) is 5.11 Å². The first-order chi connectivity index (χ1) is 7.72. The molecule has 1 unspecified atom stereocenters. The maximum Gasteiger partial charge on any atom is 0.187 e. The van der Waals surface area contributed by atoms with E-state index in [1.807, 2.05) is 25.2 Å². The molecule has 0 bridgehead atoms. The maximum absolute atomic E-state index is 9.75. The van der Waals surface area contributed by atoms with Crippen LogP contribution < -0.4 is 0 Å². The average molecular weight is 228 g/mol. The third-order valence-electron chi connectivity index (χ3n) is 2.26. The molecule has 3 nitrogen and oxygen atoms in total. The third kappa shape index (κ3) is 8.50. The van der Waals surface area contributed by atoms with Crippen molar-refractivity contribution in [1.29, 1.82) is 0 Å². The molecular weight excluding hydrogens is 204 g/mol. The molecule has 0 saturated carbocycles. The summed E-state index contributed by atoms with van der Waals surface area (Å²) >= 11 is 0. The molecule has 0 rings (SSSR count). The van der Waals surface area contributed by atoms with Crippen molar-refractivity contribution in [2.75, 3.05) is 13.9 Å². The van der Waals surface area contributed by atoms with Gasteiger partial charge in [0.25, 0.3) is 0 Å². The molecule has 0 aliphatic carbocycles. The van der Waals surface area contributed by atoms with Crippen LogP contribution in [0.25, 0.3) is 0 Å². The van der Waals surface area contributed by atoms with Crippen molar-refractivity contribution < 1.29 is 14.6 Å². The third-order valence-corrected chi connectivity index (χ3v) is 2.26. The fourth-order valence-electron chi connectivity index (χ4n) is 1.13. The number of hydrogen-bond donors (Lipinski definition) is 1. The van der Waals surface area contributed by atoms with Gasteiger partial charge < -0.3 is 14.6 Å². The fourth-order valence-corrected chi connectivity index (χ4v) is 1.13. The lowest BCUT2D eigenvalue weighted by atomic mass is 10.0. The van der Waals surface area contributed by atoms with E-state index in [0.717, 1.165) is 6.42 Å². The van der Waals surface area contributed by atoms with Crippen molar-refractivity contribution in [2.24, 2.45) is 5.92 Å². The van der Waals surface area contributed by atoms with E-state index in [0.29, 0.717) is 0 Å². The second kappa shape index (κ2) is 10.7. The second-order valence-corrected chi connectivity index (χ2v) is 3.82. The molecule has 0 radical (unpaired) electrons. The van der Waals surface area contributed by atoms with E-state index < -0.39 is 6.10 Å². The Morgan fingerprint density at radius 3 is 2.69 bits per heavy atom. The van der Waals surface area contributed by atoms with Gasteiger partial charge in [0.1, 0.15) is 0 Å². The number of ether oxygens (including phenoxy) is 2. The van der Waals surface area contributed by atoms with Crippen molar-refractivity contribution in [2.45, 2.75) is 39.2 Å². The van der Waals surface area contributed by atoms with Gasteiger partial charge in [-0.2, -0.15) is 0 Å². The average Bonchev–Trinajstić information content (AvgIpc) is 2.29. The standard InChI is InChI=1S/C13H24O3/c1-4-5-6-7-8-13(14)12(2)9-10-16-11-15-3/h7-10,12-14H,4-6,11H2,1-3H3/b8-7+,10-9-/t12?,13-/m1/s1. The molecular formula is C13H24O3. The van der Waals surface area contributed by atoms with Crippen LogP contribution >= 0.6 is 0 Å². The van der Waals surface area contributed by atoms with E-state index in [2.05, 4.69) is 6.92 Å². The monoisotopic (exact) mass is 228 g/mol. The minimum absolute atomic E-state index is 0.0507. The van der Waals surface area contributed by atoms with Gasteiger partial charge in [-0.1, -0.05) is 38.8 Å². The summed E-state index contributed by atoms with van der Waals surface area (Å²) in [6.45, 7) is 4.34. The van der Waals surface area contributed by atoms with Gasteiger partial charge in [-0.15, -0.1) is 0 Å². The molecule has 0 aromatic heterocycles. The van der Waals surface area contributed by atoms with Crippen molar-refractivity contribution in [3.8, 4) is 0 Å². The molecule has 16 heavy (non-hydrogen) atoms. The number of rotatable bonds is 9. The lowest BCUT2D eigenvalue weighted by Crippen LogP contribution is -2.12. The summed E-state index contributed by atoms with van der Waals surface area (Å²) in [7, 11) is 1.57. The molecule has 0 amide bonds. The number of allylic oxidation sites excluding steroid dienone is 1. The van der Waals surface area contributed by atoms with Gasteiger partial charge in [0, 0.05) is 13.0 Å². The van der Waals surface area contributed by atoms with Crippen LogP contribution in [0.5, 0.6) is 0 Å². The molecule has 3 heteroatoms. The van der Waals surface area contributed by atoms with Crippen molar-refractivity contribution in [3.63, 3.8) is 0 Å². The zero-order valence-electron chi connectivity index (χ0n) is 10.6. The van der Waals surface area contributed by atoms with Crippen LogP contribution in [0.1, 0.15) is 33.1 Å². The Kier molecular flexibility index (Phi) is 10.2. The Hall–Kier alpha value is -0.800. The zero-order valence-corrected chi connectivity index (χ0v) is 10.6. The summed E-state index contributed by atoms with van der Waals surface area (Å²) < 4.78 is 9.73. The van der Waals surface area contributed by atoms with Gasteiger partial charge in [0.05, 0.1) is 12.4 Å². The Labute approximate surface area is 98.8 Å². The minimum Gasteiger partial charge on any atom is -0.475 e. The molecule has 0 aromatic carbocycles. The van der Waals surface area contributed by atoms with Gasteiger partial charge in [0.15, 0.2) is 6.79 Å². The Morgan fingerprint density at radius 2 is 2.06 bits per heavy atom. The normalized spacial score (nSPS) is 15.8. The number of hydrogen-bond acceptors (Lipinski definition) is 3. The predicted octanol–water partition coefficient (Wildman–Crippen LogP) is 2.86. The molecule has 0 fully saturated rings. The first kappa shape index (κ1) is 15.2. The highest BCUT2D eigenvalue weighted by molar-refractivity contribution is 4.96. The lowest BCUT2D eigenvalue weighted by Gasteiger charge is -2.10. The Bertz CT molecular complexity index is 177. The molecule has 0 saturated heterocycles. The topological polar surface area (TPSA) is 38.7 Å². The summed E-state index contributed by atoms with van der Waals surface area (Å²) in [6.07, 6.45) is 10.2. The van der Waals surface area contributed by atoms with Gasteiger partial charge in [-0.3, -0.25) is 0 Å². The van der Waals surface area contributed by atoms with Gasteiger partial charge in [-0.25, -0.2) is 0 Å². The van der Waals surface area contributed by atoms with E-state index >= 15 is 0 Å². The zero-order chi connectivity index (χ0) is 12.2. The molecule has 0 heterocycles. The molecule has 0 aromatic rings. The summed E-state index contributed by atoms with van der Waals surface area (Å²) in [5.41, 5.74) is 0. The SMILES string of the molecule is CCCC/C=C/[C@@H](O)C(C)/C=C\OCOC. The Balaban J connectivity index is 3.75. The summed E-state index contributed by atoms with van der Waals surface area (Å²) in [5, 5.41) is 9.75. The van der Waals surface area contributed by atoms with Crippen LogP contribution in [-0.4, -0.2) is 25.1 Å². The largest absolute Gasteiger partial charge is 0.475 e. The summed E-state index contributed by atoms with van der Waals surface area (Å²) in [6, 6.07) is 0. The molecule has 94 valence electrons. The predicted molar refractivity (Wildman–Crippen MR) is 65.9 cm³/mol. The van der Waals surface area contributed by atoms with E-state index in [-0.39, 0.29) is 12.7 Å². The smallest absolute Gasteiger partial charge is 0.187 e. The van der Waals surface area contributed by atoms with Crippen molar-refractivity contribution >= 4 is 0 Å². The molecule has 0 aliphatic rings. The minimum atomic E-state index is -0.445. The lowest BCUT2D eigenvalue weighted by molar-refractivity contribution is 0.0189. The molecule has 0 spiro atoms. The highest BCUT2D eigenvalue weighted by Gasteiger charge is 2.06. The van der Waals surface area contributed by atoms with Gasteiger partial charge >= 0.3 is 0 Å². The van der Waals surface area contributed by atoms with Gasteiger partial charge in [-0.05, 0) is 12.5 Å². The number of unbranched alkanes of at least 4 members (excludes halogenated alkanes) is 2. The summed E-state index contributed by atoms with van der Waals surface area (Å²) in [5.74, 6) is 0.0507. The van der Waals surface area contributed by atoms with Crippen molar-refractivity contribution in [1.82, 2.24) is 0 Å². The van der Waals surface area contributed by atoms with E-state index in [1.165, 1.54) is 12.8 Å². The molecule has 2 atom stereocenters. The number of aliphatic hydroxyl groups is 1. The van der Waals surface area contributed by atoms with Crippen LogP contribution in [0.3, 0.4) is 0 Å². The first-order valence-corrected chi connectivity index (χ1v) is 5.84. The van der Waals surface area contributed by atoms with Crippen LogP contribution in [0.2, 0.25) is 0 Å². The second-order valence-electron chi connectivity index (χ2n) is 3.82. The van der Waals surface area contributed by atoms with Crippen LogP contribution in [0.15, 0.2) is 24.5 Å². The van der Waals surface area contributed by atoms with E-state index in [1.54, 1.807) is 13.4 Å². The molecule has 0 aliphatic heterocycles. The highest BCUT2D eigenvalue weighted by atomic mass is 16.7. The van der Waals surface area contributed by atoms with Crippen LogP contribution in [-0.2, 0) is 9.47 Å². The quantitative estimate of drug-likeness (QED) is 0.285. The van der Waals surface area contributed by atoms with Crippen LogP contribution in [0, 0.1) is 5.92 Å². The van der Waals surface area contributed by atoms with E-state index in [4.69, 9.17) is 9.47 Å². The molecule has 1 N–H and O–H groups in total. The highest BCUT2D eigenvalue weighted by Crippen LogP contribution is 2.07. The first-order valence-electron chi connectivity index (χ1n) is 5.84. The summed E-state index contributed by atoms with van der Waals surface area (Å²) in [4.78, 5) is 0. The van der Waals surface area contributed by atoms with Crippen molar-refractivity contribution in [3.05, 3.63) is 24.5 Å². The Morgan fingerprint density at radius 1 is 1.31 bits per heavy atom.